The van der Waals surface area contributed by atoms with Crippen molar-refractivity contribution in [1.29, 1.82) is 0 Å². The summed E-state index contributed by atoms with van der Waals surface area (Å²) >= 11 is 0. The zero-order chi connectivity index (χ0) is 18.5. The Kier molecular flexibility index (Phi) is 3.06. The number of carbonyl (C=O) groups excluding carboxylic acids is 2. The van der Waals surface area contributed by atoms with Crippen molar-refractivity contribution in [3.8, 4) is 0 Å². The lowest BCUT2D eigenvalue weighted by atomic mass is 9.31. The molecule has 0 aliphatic heterocycles. The second-order valence-electron chi connectivity index (χ2n) is 9.00. The van der Waals surface area contributed by atoms with E-state index in [9.17, 15) is 14.7 Å². The Morgan fingerprint density at radius 3 is 2.38 bits per heavy atom. The summed E-state index contributed by atoms with van der Waals surface area (Å²) in [7, 11) is 0. The van der Waals surface area contributed by atoms with E-state index in [1.165, 1.54) is 31.2 Å². The lowest BCUT2D eigenvalue weighted by Gasteiger charge is -2.72. The van der Waals surface area contributed by atoms with Crippen molar-refractivity contribution in [2.45, 2.75) is 51.1 Å². The minimum atomic E-state index is -3.80. The maximum atomic E-state index is 15.1. The highest BCUT2D eigenvalue weighted by Gasteiger charge is 2.84. The van der Waals surface area contributed by atoms with Crippen LogP contribution in [0.25, 0.3) is 0 Å². The number of aliphatic hydroxyl groups is 1. The van der Waals surface area contributed by atoms with Gasteiger partial charge in [-0.1, -0.05) is 24.3 Å². The number of rotatable bonds is 5. The predicted molar refractivity (Wildman–Crippen MR) is 89.8 cm³/mol. The second kappa shape index (κ2) is 4.80. The van der Waals surface area contributed by atoms with Crippen LogP contribution in [0.15, 0.2) is 24.3 Å². The summed E-state index contributed by atoms with van der Waals surface area (Å²) in [5.41, 5.74) is -0.726. The number of ketones is 2. The molecule has 2 bridgehead atoms. The maximum absolute atomic E-state index is 15.1. The molecule has 4 saturated carbocycles. The number of fused-ring (bicyclic) bond motifs is 1. The smallest absolute Gasteiger partial charge is 0.335 e. The van der Waals surface area contributed by atoms with Crippen molar-refractivity contribution in [2.75, 3.05) is 0 Å². The third-order valence-electron chi connectivity index (χ3n) is 8.11. The lowest BCUT2D eigenvalue weighted by Crippen LogP contribution is -2.71. The van der Waals surface area contributed by atoms with E-state index >= 15 is 8.78 Å². The summed E-state index contributed by atoms with van der Waals surface area (Å²) in [6, 6.07) is 5.46. The minimum Gasteiger partial charge on any atom is -0.382 e. The molecule has 4 aliphatic carbocycles. The number of Topliss-reactive ketones (excluding diaryl/α,β-unsaturated/α-hetero) is 2. The highest BCUT2D eigenvalue weighted by atomic mass is 19.3. The molecule has 0 heterocycles. The van der Waals surface area contributed by atoms with E-state index in [1.54, 1.807) is 0 Å². The first-order valence-electron chi connectivity index (χ1n) is 9.44. The molecule has 5 heteroatoms. The maximum Gasteiger partial charge on any atom is 0.335 e. The third-order valence-corrected chi connectivity index (χ3v) is 8.11. The monoisotopic (exact) mass is 360 g/mol. The summed E-state index contributed by atoms with van der Waals surface area (Å²) < 4.78 is 30.1. The van der Waals surface area contributed by atoms with Gasteiger partial charge in [-0.3, -0.25) is 9.59 Å². The largest absolute Gasteiger partial charge is 0.382 e. The SMILES string of the molecule is CC(=O)c1ccc(C(O)C(F)(F)C(=O)C23CC4CC5CC(C2)C53C4)cc1. The van der Waals surface area contributed by atoms with Crippen LogP contribution < -0.4 is 0 Å². The Hall–Kier alpha value is -1.62. The third kappa shape index (κ3) is 1.67. The molecular weight excluding hydrogens is 338 g/mol. The molecule has 138 valence electrons. The number of hydrogen-bond acceptors (Lipinski definition) is 3. The van der Waals surface area contributed by atoms with E-state index in [0.717, 1.165) is 19.3 Å². The van der Waals surface area contributed by atoms with Crippen LogP contribution in [0.5, 0.6) is 0 Å². The van der Waals surface area contributed by atoms with Gasteiger partial charge in [0.05, 0.1) is 0 Å². The molecule has 0 aromatic heterocycles. The Labute approximate surface area is 150 Å². The van der Waals surface area contributed by atoms with E-state index in [1.807, 2.05) is 0 Å². The van der Waals surface area contributed by atoms with E-state index in [0.29, 0.717) is 36.2 Å². The normalized spacial score (nSPS) is 40.4. The highest BCUT2D eigenvalue weighted by Crippen LogP contribution is 2.87. The zero-order valence-electron chi connectivity index (χ0n) is 14.7. The Morgan fingerprint density at radius 2 is 1.81 bits per heavy atom. The fourth-order valence-corrected chi connectivity index (χ4v) is 7.13. The summed E-state index contributed by atoms with van der Waals surface area (Å²) in [5, 5.41) is 10.3. The average Bonchev–Trinajstić information content (AvgIpc) is 3.09. The van der Waals surface area contributed by atoms with Gasteiger partial charge < -0.3 is 5.11 Å². The predicted octanol–water partition coefficient (Wildman–Crippen LogP) is 3.95. The molecule has 0 amide bonds. The molecule has 3 nitrogen and oxygen atoms in total. The molecule has 6 unspecified atom stereocenters. The molecule has 0 saturated heterocycles. The molecule has 4 fully saturated rings. The fourth-order valence-electron chi connectivity index (χ4n) is 7.13. The summed E-state index contributed by atoms with van der Waals surface area (Å²) in [6.45, 7) is 1.39. The number of aliphatic hydroxyl groups excluding tert-OH is 1. The van der Waals surface area contributed by atoms with Crippen LogP contribution in [0.1, 0.15) is 61.1 Å². The van der Waals surface area contributed by atoms with Crippen LogP contribution in [0, 0.1) is 28.6 Å². The first kappa shape index (κ1) is 16.5. The van der Waals surface area contributed by atoms with Gasteiger partial charge in [0.2, 0.25) is 5.78 Å². The summed E-state index contributed by atoms with van der Waals surface area (Å²) in [5.74, 6) is -3.75. The van der Waals surface area contributed by atoms with Gasteiger partial charge in [-0.15, -0.1) is 0 Å². The van der Waals surface area contributed by atoms with Crippen molar-refractivity contribution in [2.24, 2.45) is 28.6 Å². The van der Waals surface area contributed by atoms with Crippen LogP contribution in [0.3, 0.4) is 0 Å². The first-order valence-corrected chi connectivity index (χ1v) is 9.44. The van der Waals surface area contributed by atoms with Gasteiger partial charge in [0, 0.05) is 11.0 Å². The molecule has 4 aliphatic rings. The van der Waals surface area contributed by atoms with Gasteiger partial charge in [0.1, 0.15) is 0 Å². The number of halogens is 2. The first-order chi connectivity index (χ1) is 12.2. The Balaban J connectivity index is 1.44. The van der Waals surface area contributed by atoms with Gasteiger partial charge in [-0.25, -0.2) is 0 Å². The topological polar surface area (TPSA) is 54.4 Å². The highest BCUT2D eigenvalue weighted by molar-refractivity contribution is 5.95. The summed E-state index contributed by atoms with van der Waals surface area (Å²) in [6.07, 6.45) is 2.08. The molecule has 1 N–H and O–H groups in total. The molecule has 1 spiro atoms. The Morgan fingerprint density at radius 1 is 1.12 bits per heavy atom. The Bertz CT molecular complexity index is 817. The molecule has 1 aromatic rings. The van der Waals surface area contributed by atoms with Crippen LogP contribution in [-0.4, -0.2) is 22.6 Å². The van der Waals surface area contributed by atoms with Gasteiger partial charge in [0.15, 0.2) is 11.9 Å². The van der Waals surface area contributed by atoms with Gasteiger partial charge in [-0.2, -0.15) is 8.78 Å². The van der Waals surface area contributed by atoms with Gasteiger partial charge in [0.25, 0.3) is 0 Å². The molecule has 1 aromatic carbocycles. The summed E-state index contributed by atoms with van der Waals surface area (Å²) in [4.78, 5) is 24.4. The molecule has 0 radical (unpaired) electrons. The number of benzene rings is 1. The zero-order valence-corrected chi connectivity index (χ0v) is 14.7. The van der Waals surface area contributed by atoms with Crippen molar-refractivity contribution in [3.05, 3.63) is 35.4 Å². The van der Waals surface area contributed by atoms with Gasteiger partial charge >= 0.3 is 5.92 Å². The second-order valence-corrected chi connectivity index (χ2v) is 9.00. The quantitative estimate of drug-likeness (QED) is 0.809. The van der Waals surface area contributed by atoms with Crippen LogP contribution in [0.4, 0.5) is 8.78 Å². The van der Waals surface area contributed by atoms with Crippen molar-refractivity contribution >= 4 is 11.6 Å². The van der Waals surface area contributed by atoms with Crippen LogP contribution in [-0.2, 0) is 4.79 Å². The van der Waals surface area contributed by atoms with E-state index in [2.05, 4.69) is 0 Å². The molecule has 6 atom stereocenters. The molecule has 26 heavy (non-hydrogen) atoms. The number of alkyl halides is 2. The fraction of sp³-hybridized carbons (Fsp3) is 0.619. The van der Waals surface area contributed by atoms with Crippen LogP contribution in [0.2, 0.25) is 0 Å². The molecule has 5 rings (SSSR count). The number of hydrogen-bond donors (Lipinski definition) is 1. The standard InChI is InChI=1S/C21H22F2O3/c1-11(24)13-2-4-14(5-3-13)17(25)21(22,23)18(26)19-8-12-6-15-7-16(10-19)20(15,19)9-12/h2-5,12,15-17,25H,6-10H2,1H3. The van der Waals surface area contributed by atoms with Crippen LogP contribution >= 0.6 is 0 Å². The van der Waals surface area contributed by atoms with E-state index in [-0.39, 0.29) is 16.8 Å². The van der Waals surface area contributed by atoms with E-state index < -0.39 is 23.2 Å². The average molecular weight is 360 g/mol. The number of carbonyl (C=O) groups is 2. The molecular formula is C21H22F2O3. The van der Waals surface area contributed by atoms with Crippen molar-refractivity contribution in [3.63, 3.8) is 0 Å². The minimum absolute atomic E-state index is 0.0218. The van der Waals surface area contributed by atoms with Crippen molar-refractivity contribution < 1.29 is 23.5 Å². The van der Waals surface area contributed by atoms with E-state index in [4.69, 9.17) is 0 Å². The lowest BCUT2D eigenvalue weighted by molar-refractivity contribution is -0.253. The van der Waals surface area contributed by atoms with Gasteiger partial charge in [-0.05, 0) is 67.8 Å². The van der Waals surface area contributed by atoms with Crippen molar-refractivity contribution in [1.82, 2.24) is 0 Å².